The Morgan fingerprint density at radius 2 is 1.86 bits per heavy atom. The molecule has 4 heteroatoms. The van der Waals surface area contributed by atoms with E-state index in [1.807, 2.05) is 0 Å². The molecule has 0 aromatic heterocycles. The zero-order valence-electron chi connectivity index (χ0n) is 13.7. The summed E-state index contributed by atoms with van der Waals surface area (Å²) in [7, 11) is 0. The second-order valence-electron chi connectivity index (χ2n) is 6.92. The Kier molecular flexibility index (Phi) is 6.49. The van der Waals surface area contributed by atoms with Gasteiger partial charge in [0, 0.05) is 31.1 Å². The minimum Gasteiger partial charge on any atom is -0.353 e. The second kappa shape index (κ2) is 8.14. The maximum absolute atomic E-state index is 12.0. The SMILES string of the molecule is CCCN(CCC(=O)NC1CC1)C1(CN)CCCCCC1. The van der Waals surface area contributed by atoms with E-state index in [1.54, 1.807) is 0 Å². The van der Waals surface area contributed by atoms with Crippen molar-refractivity contribution in [1.29, 1.82) is 0 Å². The lowest BCUT2D eigenvalue weighted by molar-refractivity contribution is -0.121. The normalized spacial score (nSPS) is 22.0. The minimum atomic E-state index is 0.145. The van der Waals surface area contributed by atoms with Crippen LogP contribution in [0.4, 0.5) is 0 Å². The van der Waals surface area contributed by atoms with Gasteiger partial charge in [-0.05, 0) is 38.6 Å². The van der Waals surface area contributed by atoms with E-state index in [-0.39, 0.29) is 11.4 Å². The zero-order chi connectivity index (χ0) is 15.1. The molecule has 4 nitrogen and oxygen atoms in total. The van der Waals surface area contributed by atoms with E-state index in [9.17, 15) is 4.79 Å². The summed E-state index contributed by atoms with van der Waals surface area (Å²) >= 11 is 0. The van der Waals surface area contributed by atoms with Crippen molar-refractivity contribution in [3.63, 3.8) is 0 Å². The molecular weight excluding hydrogens is 262 g/mol. The first-order valence-corrected chi connectivity index (χ1v) is 8.94. The van der Waals surface area contributed by atoms with Crippen LogP contribution in [0.2, 0.25) is 0 Å². The highest BCUT2D eigenvalue weighted by Crippen LogP contribution is 2.32. The molecular formula is C17H33N3O. The van der Waals surface area contributed by atoms with Crippen molar-refractivity contribution in [2.45, 2.75) is 82.7 Å². The van der Waals surface area contributed by atoms with Gasteiger partial charge >= 0.3 is 0 Å². The van der Waals surface area contributed by atoms with E-state index in [0.717, 1.165) is 38.9 Å². The van der Waals surface area contributed by atoms with Crippen LogP contribution in [-0.2, 0) is 4.79 Å². The zero-order valence-corrected chi connectivity index (χ0v) is 13.7. The second-order valence-corrected chi connectivity index (χ2v) is 6.92. The van der Waals surface area contributed by atoms with Crippen LogP contribution in [-0.4, -0.2) is 42.0 Å². The first-order chi connectivity index (χ1) is 10.2. The molecule has 0 aromatic rings. The summed E-state index contributed by atoms with van der Waals surface area (Å²) in [6.45, 7) is 4.88. The number of carbonyl (C=O) groups excluding carboxylic acids is 1. The fourth-order valence-electron chi connectivity index (χ4n) is 3.66. The van der Waals surface area contributed by atoms with Gasteiger partial charge in [0.1, 0.15) is 0 Å². The molecule has 21 heavy (non-hydrogen) atoms. The van der Waals surface area contributed by atoms with Crippen LogP contribution in [0.15, 0.2) is 0 Å². The largest absolute Gasteiger partial charge is 0.353 e. The summed E-state index contributed by atoms with van der Waals surface area (Å²) in [5.41, 5.74) is 6.34. The van der Waals surface area contributed by atoms with Crippen LogP contribution < -0.4 is 11.1 Å². The molecule has 0 atom stereocenters. The van der Waals surface area contributed by atoms with Crippen molar-refractivity contribution in [2.24, 2.45) is 5.73 Å². The van der Waals surface area contributed by atoms with E-state index in [2.05, 4.69) is 17.1 Å². The van der Waals surface area contributed by atoms with Gasteiger partial charge in [-0.15, -0.1) is 0 Å². The summed E-state index contributed by atoms with van der Waals surface area (Å²) < 4.78 is 0. The predicted molar refractivity (Wildman–Crippen MR) is 87.1 cm³/mol. The molecule has 2 saturated carbocycles. The third-order valence-corrected chi connectivity index (χ3v) is 5.13. The average molecular weight is 295 g/mol. The molecule has 0 unspecified atom stereocenters. The van der Waals surface area contributed by atoms with Crippen molar-refractivity contribution in [1.82, 2.24) is 10.2 Å². The third kappa shape index (κ3) is 4.96. The molecule has 0 aromatic carbocycles. The van der Waals surface area contributed by atoms with Crippen molar-refractivity contribution in [2.75, 3.05) is 19.6 Å². The van der Waals surface area contributed by atoms with Crippen LogP contribution >= 0.6 is 0 Å². The fourth-order valence-corrected chi connectivity index (χ4v) is 3.66. The molecule has 122 valence electrons. The lowest BCUT2D eigenvalue weighted by Crippen LogP contribution is -2.54. The van der Waals surface area contributed by atoms with E-state index in [4.69, 9.17) is 5.73 Å². The number of hydrogen-bond acceptors (Lipinski definition) is 3. The Bertz CT molecular complexity index is 320. The molecule has 0 radical (unpaired) electrons. The molecule has 2 fully saturated rings. The molecule has 0 spiro atoms. The highest BCUT2D eigenvalue weighted by molar-refractivity contribution is 5.76. The minimum absolute atomic E-state index is 0.145. The number of nitrogens with zero attached hydrogens (tertiary/aromatic N) is 1. The van der Waals surface area contributed by atoms with E-state index >= 15 is 0 Å². The molecule has 0 bridgehead atoms. The van der Waals surface area contributed by atoms with Gasteiger partial charge < -0.3 is 11.1 Å². The number of carbonyl (C=O) groups is 1. The van der Waals surface area contributed by atoms with Crippen LogP contribution in [0.1, 0.15) is 71.1 Å². The van der Waals surface area contributed by atoms with E-state index in [1.165, 1.54) is 38.5 Å². The monoisotopic (exact) mass is 295 g/mol. The number of rotatable bonds is 8. The molecule has 0 heterocycles. The molecule has 1 amide bonds. The summed E-state index contributed by atoms with van der Waals surface area (Å²) in [6.07, 6.45) is 11.7. The van der Waals surface area contributed by atoms with E-state index in [0.29, 0.717) is 12.5 Å². The Hall–Kier alpha value is -0.610. The molecule has 2 rings (SSSR count). The average Bonchev–Trinajstić information content (AvgIpc) is 3.30. The Morgan fingerprint density at radius 3 is 2.38 bits per heavy atom. The predicted octanol–water partition coefficient (Wildman–Crippen LogP) is 2.42. The first kappa shape index (κ1) is 16.8. The van der Waals surface area contributed by atoms with Crippen LogP contribution in [0.3, 0.4) is 0 Å². The maximum atomic E-state index is 12.0. The lowest BCUT2D eigenvalue weighted by atomic mass is 9.87. The van der Waals surface area contributed by atoms with Crippen LogP contribution in [0, 0.1) is 0 Å². The van der Waals surface area contributed by atoms with Gasteiger partial charge in [-0.25, -0.2) is 0 Å². The van der Waals surface area contributed by atoms with Gasteiger partial charge in [-0.3, -0.25) is 9.69 Å². The summed E-state index contributed by atoms with van der Waals surface area (Å²) in [6, 6.07) is 0.471. The topological polar surface area (TPSA) is 58.4 Å². The maximum Gasteiger partial charge on any atom is 0.221 e. The van der Waals surface area contributed by atoms with Crippen LogP contribution in [0.5, 0.6) is 0 Å². The standard InChI is InChI=1S/C17H33N3O/c1-2-12-20(13-9-16(21)19-15-7-8-15)17(14-18)10-5-3-4-6-11-17/h15H,2-14,18H2,1H3,(H,19,21). The number of nitrogens with one attached hydrogen (secondary N) is 1. The number of nitrogens with two attached hydrogens (primary N) is 1. The first-order valence-electron chi connectivity index (χ1n) is 8.94. The fraction of sp³-hybridized carbons (Fsp3) is 0.941. The molecule has 0 aliphatic heterocycles. The number of amides is 1. The Balaban J connectivity index is 1.91. The molecule has 2 aliphatic carbocycles. The van der Waals surface area contributed by atoms with Crippen molar-refractivity contribution >= 4 is 5.91 Å². The van der Waals surface area contributed by atoms with Gasteiger partial charge in [0.15, 0.2) is 0 Å². The smallest absolute Gasteiger partial charge is 0.221 e. The highest BCUT2D eigenvalue weighted by Gasteiger charge is 2.35. The van der Waals surface area contributed by atoms with Crippen molar-refractivity contribution in [3.8, 4) is 0 Å². The van der Waals surface area contributed by atoms with Gasteiger partial charge in [0.25, 0.3) is 0 Å². The molecule has 3 N–H and O–H groups in total. The quantitative estimate of drug-likeness (QED) is 0.676. The van der Waals surface area contributed by atoms with E-state index < -0.39 is 0 Å². The van der Waals surface area contributed by atoms with Gasteiger partial charge in [-0.1, -0.05) is 32.6 Å². The van der Waals surface area contributed by atoms with Crippen molar-refractivity contribution in [3.05, 3.63) is 0 Å². The summed E-state index contributed by atoms with van der Waals surface area (Å²) in [5.74, 6) is 0.222. The van der Waals surface area contributed by atoms with Gasteiger partial charge in [0.05, 0.1) is 0 Å². The highest BCUT2D eigenvalue weighted by atomic mass is 16.1. The van der Waals surface area contributed by atoms with Crippen molar-refractivity contribution < 1.29 is 4.79 Å². The molecule has 2 aliphatic rings. The lowest BCUT2D eigenvalue weighted by Gasteiger charge is -2.43. The Labute approximate surface area is 129 Å². The van der Waals surface area contributed by atoms with Gasteiger partial charge in [-0.2, -0.15) is 0 Å². The number of hydrogen-bond donors (Lipinski definition) is 2. The Morgan fingerprint density at radius 1 is 1.19 bits per heavy atom. The summed E-state index contributed by atoms with van der Waals surface area (Å²) in [5, 5.41) is 3.10. The molecule has 0 saturated heterocycles. The third-order valence-electron chi connectivity index (χ3n) is 5.13. The van der Waals surface area contributed by atoms with Crippen LogP contribution in [0.25, 0.3) is 0 Å². The summed E-state index contributed by atoms with van der Waals surface area (Å²) in [4.78, 5) is 14.5. The van der Waals surface area contributed by atoms with Gasteiger partial charge in [0.2, 0.25) is 5.91 Å².